The summed E-state index contributed by atoms with van der Waals surface area (Å²) >= 11 is 0. The van der Waals surface area contributed by atoms with Gasteiger partial charge in [0.05, 0.1) is 25.2 Å². The number of rotatable bonds is 9. The quantitative estimate of drug-likeness (QED) is 0.149. The highest BCUT2D eigenvalue weighted by atomic mass is 31.3. The topological polar surface area (TPSA) is 194 Å². The molecule has 0 bridgehead atoms. The maximum Gasteiger partial charge on any atom is 0.478 e. The van der Waals surface area contributed by atoms with Crippen molar-refractivity contribution in [3.63, 3.8) is 0 Å². The lowest BCUT2D eigenvalue weighted by Gasteiger charge is -2.40. The molecule has 1 unspecified atom stereocenters. The molecule has 0 aliphatic rings. The van der Waals surface area contributed by atoms with Crippen LogP contribution in [0.1, 0.15) is 117 Å². The smallest absolute Gasteiger partial charge is 0.478 e. The van der Waals surface area contributed by atoms with Gasteiger partial charge in [-0.2, -0.15) is 4.31 Å². The van der Waals surface area contributed by atoms with Crippen molar-refractivity contribution >= 4 is 15.6 Å². The Labute approximate surface area is 274 Å². The van der Waals surface area contributed by atoms with Crippen molar-refractivity contribution < 1.29 is 53.1 Å². The minimum Gasteiger partial charge on any atom is -0.485 e. The van der Waals surface area contributed by atoms with E-state index in [0.717, 1.165) is 16.7 Å². The van der Waals surface area contributed by atoms with Gasteiger partial charge in [0.2, 0.25) is 0 Å². The third kappa shape index (κ3) is 12.1. The molecule has 0 aliphatic carbocycles. The molecule has 7 N–H and O–H groups in total. The molecule has 0 radical (unpaired) electrons. The molecule has 0 heterocycles. The lowest BCUT2D eigenvalue weighted by atomic mass is 9.72. The van der Waals surface area contributed by atoms with Gasteiger partial charge in [0.1, 0.15) is 11.9 Å². The predicted molar refractivity (Wildman–Crippen MR) is 180 cm³/mol. The minimum absolute atomic E-state index is 0.0226. The van der Waals surface area contributed by atoms with Gasteiger partial charge in [0.15, 0.2) is 0 Å². The first-order chi connectivity index (χ1) is 20.4. The molecule has 13 heteroatoms. The van der Waals surface area contributed by atoms with Crippen molar-refractivity contribution in [1.29, 1.82) is 0 Å². The molecule has 2 rings (SSSR count). The van der Waals surface area contributed by atoms with E-state index in [2.05, 4.69) is 118 Å². The number of hydrogen-bond acceptors (Lipinski definition) is 7. The summed E-state index contributed by atoms with van der Waals surface area (Å²) in [7, 11) is -10.1. The molecular weight excluding hydrogens is 634 g/mol. The zero-order chi connectivity index (χ0) is 36.3. The normalized spacial score (nSPS) is 14.4. The Morgan fingerprint density at radius 3 is 1.26 bits per heavy atom. The second kappa shape index (κ2) is 14.9. The highest BCUT2D eigenvalue weighted by Crippen LogP contribution is 2.54. The molecule has 2 aromatic carbocycles. The molecular formula is C33H56O11P2. The number of aliphatic hydroxyl groups excluding tert-OH is 3. The molecule has 2 aromatic rings. The van der Waals surface area contributed by atoms with Gasteiger partial charge < -0.3 is 39.6 Å². The lowest BCUT2D eigenvalue weighted by molar-refractivity contribution is -0.0752. The van der Waals surface area contributed by atoms with Crippen molar-refractivity contribution in [3.05, 3.63) is 64.2 Å². The molecule has 0 spiro atoms. The monoisotopic (exact) mass is 690 g/mol. The Morgan fingerprint density at radius 1 is 0.587 bits per heavy atom. The number of hydrogen-bond donors (Lipinski definition) is 7. The third-order valence-electron chi connectivity index (χ3n) is 7.62. The van der Waals surface area contributed by atoms with Crippen LogP contribution in [0.5, 0.6) is 5.75 Å². The van der Waals surface area contributed by atoms with Crippen molar-refractivity contribution in [3.8, 4) is 5.75 Å². The van der Waals surface area contributed by atoms with Gasteiger partial charge in [-0.3, -0.25) is 0 Å². The largest absolute Gasteiger partial charge is 0.485 e. The summed E-state index contributed by atoms with van der Waals surface area (Å²) in [5.41, 5.74) is 3.64. The Balaban J connectivity index is 0.00000102. The van der Waals surface area contributed by atoms with Crippen LogP contribution in [0.2, 0.25) is 0 Å². The first kappa shape index (κ1) is 42.4. The van der Waals surface area contributed by atoms with E-state index in [4.69, 9.17) is 24.3 Å². The fraction of sp³-hybridized carbons (Fsp3) is 0.636. The summed E-state index contributed by atoms with van der Waals surface area (Å²) in [5.74, 6) is 0.699. The van der Waals surface area contributed by atoms with E-state index >= 15 is 0 Å². The summed E-state index contributed by atoms with van der Waals surface area (Å²) in [5, 5.41) is 31.6. The van der Waals surface area contributed by atoms with Gasteiger partial charge in [-0.25, -0.2) is 9.13 Å². The van der Waals surface area contributed by atoms with Crippen molar-refractivity contribution in [2.45, 2.75) is 111 Å². The molecule has 46 heavy (non-hydrogen) atoms. The SMILES string of the molecule is CC(C)(C)c1ccc(OC(c2ccc(C(C)(C)C)cc2C(C)(C)C)C(CO)(CO)CO)c(C(C)(C)C)c1.O=P(O)(O)OP(=O)(O)O. The number of ether oxygens (including phenoxy) is 1. The van der Waals surface area contributed by atoms with Crippen LogP contribution in [0.15, 0.2) is 36.4 Å². The predicted octanol–water partition coefficient (Wildman–Crippen LogP) is 6.15. The van der Waals surface area contributed by atoms with E-state index in [1.807, 2.05) is 6.07 Å². The highest BCUT2D eigenvalue weighted by Gasteiger charge is 2.43. The second-order valence-electron chi connectivity index (χ2n) is 15.9. The number of aliphatic hydroxyl groups is 3. The molecule has 264 valence electrons. The van der Waals surface area contributed by atoms with Crippen LogP contribution in [-0.2, 0) is 35.1 Å². The fourth-order valence-electron chi connectivity index (χ4n) is 4.77. The van der Waals surface area contributed by atoms with Gasteiger partial charge >= 0.3 is 15.6 Å². The average Bonchev–Trinajstić information content (AvgIpc) is 2.85. The van der Waals surface area contributed by atoms with Crippen LogP contribution >= 0.6 is 15.6 Å². The Kier molecular flexibility index (Phi) is 13.7. The van der Waals surface area contributed by atoms with Gasteiger partial charge in [-0.1, -0.05) is 113 Å². The van der Waals surface area contributed by atoms with Gasteiger partial charge in [-0.15, -0.1) is 0 Å². The first-order valence-electron chi connectivity index (χ1n) is 15.0. The van der Waals surface area contributed by atoms with Gasteiger partial charge in [-0.05, 0) is 55.5 Å². The summed E-state index contributed by atoms with van der Waals surface area (Å²) in [6, 6.07) is 12.7. The molecule has 0 fully saturated rings. The second-order valence-corrected chi connectivity index (χ2v) is 18.5. The van der Waals surface area contributed by atoms with Crippen molar-refractivity contribution in [1.82, 2.24) is 0 Å². The standard InChI is InChI=1S/C33H52O4.H4O7P2/c1-29(2,3)22-13-15-24(25(17-22)31(7,8)9)28(33(19-34,20-35)21-36)37-27-16-14-23(30(4,5)6)18-26(27)32(10,11)12;1-8(2,3)7-9(4,5)6/h13-18,28,34-36H,19-21H2,1-12H3;(H2,1,2,3)(H2,4,5,6). The molecule has 0 amide bonds. The summed E-state index contributed by atoms with van der Waals surface area (Å²) in [6.07, 6.45) is -0.766. The van der Waals surface area contributed by atoms with Crippen LogP contribution in [0.4, 0.5) is 0 Å². The van der Waals surface area contributed by atoms with Crippen molar-refractivity contribution in [2.24, 2.45) is 5.41 Å². The van der Waals surface area contributed by atoms with E-state index < -0.39 is 47.0 Å². The van der Waals surface area contributed by atoms with E-state index in [1.54, 1.807) is 0 Å². The summed E-state index contributed by atoms with van der Waals surface area (Å²) < 4.78 is 29.1. The van der Waals surface area contributed by atoms with Crippen LogP contribution in [0.25, 0.3) is 0 Å². The van der Waals surface area contributed by atoms with E-state index in [9.17, 15) is 24.4 Å². The maximum atomic E-state index is 10.5. The zero-order valence-corrected chi connectivity index (χ0v) is 31.1. The molecule has 0 saturated heterocycles. The van der Waals surface area contributed by atoms with Crippen LogP contribution in [-0.4, -0.2) is 54.7 Å². The molecule has 0 saturated carbocycles. The summed E-state index contributed by atoms with van der Waals surface area (Å²) in [6.45, 7) is 24.9. The minimum atomic E-state index is -5.05. The fourth-order valence-corrected chi connectivity index (χ4v) is 5.88. The van der Waals surface area contributed by atoms with Gasteiger partial charge in [0.25, 0.3) is 0 Å². The van der Waals surface area contributed by atoms with Crippen LogP contribution in [0, 0.1) is 5.41 Å². The van der Waals surface area contributed by atoms with E-state index in [-0.39, 0.29) is 21.7 Å². The average molecular weight is 691 g/mol. The van der Waals surface area contributed by atoms with E-state index in [1.165, 1.54) is 11.1 Å². The van der Waals surface area contributed by atoms with Crippen molar-refractivity contribution in [2.75, 3.05) is 19.8 Å². The lowest BCUT2D eigenvalue weighted by Crippen LogP contribution is -2.43. The Bertz CT molecular complexity index is 1370. The molecule has 11 nitrogen and oxygen atoms in total. The molecule has 0 aromatic heterocycles. The van der Waals surface area contributed by atoms with E-state index in [0.29, 0.717) is 5.75 Å². The first-order valence-corrected chi connectivity index (χ1v) is 18.1. The zero-order valence-electron chi connectivity index (χ0n) is 29.3. The maximum absolute atomic E-state index is 10.5. The highest BCUT2D eigenvalue weighted by molar-refractivity contribution is 7.60. The molecule has 0 aliphatic heterocycles. The Morgan fingerprint density at radius 2 is 0.957 bits per heavy atom. The molecule has 1 atom stereocenters. The number of benzene rings is 2. The third-order valence-corrected chi connectivity index (χ3v) is 9.32. The van der Waals surface area contributed by atoms with Crippen LogP contribution in [0.3, 0.4) is 0 Å². The summed E-state index contributed by atoms with van der Waals surface area (Å²) in [4.78, 5) is 31.0. The number of phosphoric acid groups is 2. The van der Waals surface area contributed by atoms with Crippen LogP contribution < -0.4 is 4.74 Å². The van der Waals surface area contributed by atoms with Gasteiger partial charge in [0, 0.05) is 0 Å². The Hall–Kier alpha value is -1.62.